The summed E-state index contributed by atoms with van der Waals surface area (Å²) in [7, 11) is -3.48. The van der Waals surface area contributed by atoms with E-state index in [1.54, 1.807) is 0 Å². The summed E-state index contributed by atoms with van der Waals surface area (Å²) in [6.45, 7) is 5.63. The number of halogens is 1. The predicted octanol–water partition coefficient (Wildman–Crippen LogP) is 2.84. The molecule has 1 amide bonds. The van der Waals surface area contributed by atoms with Crippen molar-refractivity contribution in [3.8, 4) is 0 Å². The summed E-state index contributed by atoms with van der Waals surface area (Å²) < 4.78 is 28.0. The molecule has 8 heteroatoms. The molecule has 140 valence electrons. The number of benzene rings is 1. The van der Waals surface area contributed by atoms with Crippen LogP contribution in [0.2, 0.25) is 5.02 Å². The van der Waals surface area contributed by atoms with E-state index in [4.69, 9.17) is 16.3 Å². The van der Waals surface area contributed by atoms with Gasteiger partial charge >= 0.3 is 5.97 Å². The first-order chi connectivity index (χ1) is 11.5. The zero-order chi connectivity index (χ0) is 19.2. The molecule has 1 aromatic rings. The average Bonchev–Trinajstić information content (AvgIpc) is 2.50. The van der Waals surface area contributed by atoms with Crippen LogP contribution in [0.15, 0.2) is 23.1 Å². The lowest BCUT2D eigenvalue weighted by Crippen LogP contribution is -2.36. The van der Waals surface area contributed by atoms with Crippen molar-refractivity contribution in [3.05, 3.63) is 28.8 Å². The van der Waals surface area contributed by atoms with Crippen LogP contribution < -0.4 is 5.32 Å². The summed E-state index contributed by atoms with van der Waals surface area (Å²) in [6.07, 6.45) is 2.84. The van der Waals surface area contributed by atoms with Crippen molar-refractivity contribution in [2.45, 2.75) is 44.6 Å². The van der Waals surface area contributed by atoms with Crippen molar-refractivity contribution >= 4 is 33.3 Å². The molecule has 0 aliphatic carbocycles. The van der Waals surface area contributed by atoms with E-state index in [0.717, 1.165) is 25.2 Å². The zero-order valence-corrected chi connectivity index (χ0v) is 16.4. The largest absolute Gasteiger partial charge is 0.452 e. The molecule has 0 saturated carbocycles. The van der Waals surface area contributed by atoms with Crippen LogP contribution in [0.4, 0.5) is 0 Å². The predicted molar refractivity (Wildman–Crippen MR) is 96.5 cm³/mol. The van der Waals surface area contributed by atoms with Gasteiger partial charge in [-0.1, -0.05) is 25.4 Å². The van der Waals surface area contributed by atoms with Crippen LogP contribution in [-0.4, -0.2) is 39.2 Å². The van der Waals surface area contributed by atoms with Gasteiger partial charge in [0.1, 0.15) is 0 Å². The number of carbonyl (C=O) groups is 2. The first kappa shape index (κ1) is 21.4. The molecule has 6 nitrogen and oxygen atoms in total. The normalized spacial score (nSPS) is 12.7. The first-order valence-corrected chi connectivity index (χ1v) is 10.2. The topological polar surface area (TPSA) is 89.5 Å². The van der Waals surface area contributed by atoms with Crippen LogP contribution >= 0.6 is 11.6 Å². The van der Waals surface area contributed by atoms with Gasteiger partial charge < -0.3 is 10.1 Å². The van der Waals surface area contributed by atoms with Gasteiger partial charge in [0.15, 0.2) is 16.4 Å². The van der Waals surface area contributed by atoms with Crippen molar-refractivity contribution in [3.63, 3.8) is 0 Å². The van der Waals surface area contributed by atoms with Crippen LogP contribution in [0.25, 0.3) is 0 Å². The lowest BCUT2D eigenvalue weighted by atomic mass is 10.0. The maximum atomic E-state index is 12.1. The van der Waals surface area contributed by atoms with E-state index in [-0.39, 0.29) is 21.5 Å². The van der Waals surface area contributed by atoms with Crippen LogP contribution in [0, 0.1) is 5.92 Å². The molecule has 0 fully saturated rings. The molecule has 1 atom stereocenters. The maximum Gasteiger partial charge on any atom is 0.340 e. The number of amides is 1. The van der Waals surface area contributed by atoms with Gasteiger partial charge in [-0.15, -0.1) is 0 Å². The van der Waals surface area contributed by atoms with E-state index in [2.05, 4.69) is 19.2 Å². The quantitative estimate of drug-likeness (QED) is 0.690. The van der Waals surface area contributed by atoms with E-state index >= 15 is 0 Å². The van der Waals surface area contributed by atoms with Crippen LogP contribution in [0.5, 0.6) is 0 Å². The average molecular weight is 390 g/mol. The number of hydrogen-bond acceptors (Lipinski definition) is 5. The van der Waals surface area contributed by atoms with E-state index in [1.807, 2.05) is 6.92 Å². The fraction of sp³-hybridized carbons (Fsp3) is 0.529. The second-order valence-corrected chi connectivity index (χ2v) is 8.85. The molecule has 1 rings (SSSR count). The van der Waals surface area contributed by atoms with Gasteiger partial charge in [0.05, 0.1) is 15.5 Å². The third-order valence-electron chi connectivity index (χ3n) is 3.50. The fourth-order valence-electron chi connectivity index (χ4n) is 2.07. The van der Waals surface area contributed by atoms with Crippen molar-refractivity contribution < 1.29 is 22.7 Å². The standard InChI is InChI=1S/C17H24ClNO5S/c1-11(2)5-6-12(3)19-16(20)10-24-17(21)14-9-13(25(4,22)23)7-8-15(14)18/h7-9,11-12H,5-6,10H2,1-4H3,(H,19,20)/t12-/m1/s1. The molecule has 0 aromatic heterocycles. The Labute approximate surface area is 153 Å². The van der Waals surface area contributed by atoms with Crippen molar-refractivity contribution in [1.82, 2.24) is 5.32 Å². The highest BCUT2D eigenvalue weighted by atomic mass is 35.5. The minimum atomic E-state index is -3.48. The van der Waals surface area contributed by atoms with Gasteiger partial charge in [-0.25, -0.2) is 13.2 Å². The van der Waals surface area contributed by atoms with E-state index in [9.17, 15) is 18.0 Å². The summed E-state index contributed by atoms with van der Waals surface area (Å²) in [4.78, 5) is 23.9. The highest BCUT2D eigenvalue weighted by Crippen LogP contribution is 2.21. The van der Waals surface area contributed by atoms with Gasteiger partial charge in [-0.2, -0.15) is 0 Å². The second-order valence-electron chi connectivity index (χ2n) is 6.43. The molecule has 0 unspecified atom stereocenters. The molecular weight excluding hydrogens is 366 g/mol. The second kappa shape index (κ2) is 9.20. The molecule has 1 N–H and O–H groups in total. The molecule has 0 heterocycles. The van der Waals surface area contributed by atoms with Crippen molar-refractivity contribution in [1.29, 1.82) is 0 Å². The maximum absolute atomic E-state index is 12.1. The van der Waals surface area contributed by atoms with Gasteiger partial charge in [-0.3, -0.25) is 4.79 Å². The lowest BCUT2D eigenvalue weighted by Gasteiger charge is -2.15. The Balaban J connectivity index is 2.64. The summed E-state index contributed by atoms with van der Waals surface area (Å²) in [5.41, 5.74) is -0.0924. The van der Waals surface area contributed by atoms with Gasteiger partial charge in [0.2, 0.25) is 0 Å². The fourth-order valence-corrected chi connectivity index (χ4v) is 2.91. The molecule has 0 radical (unpaired) electrons. The number of hydrogen-bond donors (Lipinski definition) is 1. The molecule has 0 spiro atoms. The monoisotopic (exact) mass is 389 g/mol. The van der Waals surface area contributed by atoms with E-state index in [0.29, 0.717) is 5.92 Å². The number of rotatable bonds is 8. The highest BCUT2D eigenvalue weighted by Gasteiger charge is 2.18. The Morgan fingerprint density at radius 3 is 2.40 bits per heavy atom. The van der Waals surface area contributed by atoms with Crippen LogP contribution in [0.1, 0.15) is 44.0 Å². The number of sulfone groups is 1. The van der Waals surface area contributed by atoms with Crippen LogP contribution in [0.3, 0.4) is 0 Å². The molecule has 0 aliphatic rings. The van der Waals surface area contributed by atoms with Gasteiger partial charge in [-0.05, 0) is 43.9 Å². The highest BCUT2D eigenvalue weighted by molar-refractivity contribution is 7.90. The Kier molecular flexibility index (Phi) is 7.89. The number of esters is 1. The molecule has 1 aromatic carbocycles. The zero-order valence-electron chi connectivity index (χ0n) is 14.8. The Morgan fingerprint density at radius 1 is 1.20 bits per heavy atom. The number of carbonyl (C=O) groups excluding carboxylic acids is 2. The number of nitrogens with one attached hydrogen (secondary N) is 1. The number of ether oxygens (including phenoxy) is 1. The van der Waals surface area contributed by atoms with Crippen molar-refractivity contribution in [2.24, 2.45) is 5.92 Å². The summed E-state index contributed by atoms with van der Waals surface area (Å²) in [6, 6.07) is 3.73. The van der Waals surface area contributed by atoms with Gasteiger partial charge in [0, 0.05) is 12.3 Å². The van der Waals surface area contributed by atoms with Gasteiger partial charge in [0.25, 0.3) is 5.91 Å². The summed E-state index contributed by atoms with van der Waals surface area (Å²) >= 11 is 5.92. The van der Waals surface area contributed by atoms with Crippen LogP contribution in [-0.2, 0) is 19.4 Å². The smallest absolute Gasteiger partial charge is 0.340 e. The molecule has 0 saturated heterocycles. The Morgan fingerprint density at radius 2 is 1.84 bits per heavy atom. The molecule has 0 bridgehead atoms. The molecule has 25 heavy (non-hydrogen) atoms. The minimum Gasteiger partial charge on any atom is -0.452 e. The van der Waals surface area contributed by atoms with Crippen molar-refractivity contribution in [2.75, 3.05) is 12.9 Å². The minimum absolute atomic E-state index is 0.0225. The third kappa shape index (κ3) is 7.44. The van der Waals surface area contributed by atoms with E-state index in [1.165, 1.54) is 12.1 Å². The first-order valence-electron chi connectivity index (χ1n) is 7.96. The Hall–Kier alpha value is -1.60. The lowest BCUT2D eigenvalue weighted by molar-refractivity contribution is -0.124. The Bertz CT molecular complexity index is 731. The third-order valence-corrected chi connectivity index (χ3v) is 4.94. The summed E-state index contributed by atoms with van der Waals surface area (Å²) in [5.74, 6) is -0.720. The van der Waals surface area contributed by atoms with E-state index < -0.39 is 28.3 Å². The molecule has 0 aliphatic heterocycles. The SMILES string of the molecule is CC(C)CC[C@@H](C)NC(=O)COC(=O)c1cc(S(C)(=O)=O)ccc1Cl. The summed E-state index contributed by atoms with van der Waals surface area (Å²) in [5, 5.41) is 2.81. The molecular formula is C17H24ClNO5S.